The molecule has 0 N–H and O–H groups in total. The van der Waals surface area contributed by atoms with Gasteiger partial charge in [-0.1, -0.05) is 29.8 Å². The van der Waals surface area contributed by atoms with E-state index in [1.165, 1.54) is 3.97 Å². The summed E-state index contributed by atoms with van der Waals surface area (Å²) < 4.78 is 30.6. The molecule has 0 aliphatic rings. The van der Waals surface area contributed by atoms with Crippen LogP contribution < -0.4 is 0 Å². The van der Waals surface area contributed by atoms with Crippen molar-refractivity contribution in [1.82, 2.24) is 18.7 Å². The number of aromatic nitrogens is 4. The fraction of sp³-hybridized carbons (Fsp3) is 0.0800. The molecule has 5 rings (SSSR count). The second-order valence-electron chi connectivity index (χ2n) is 7.92. The number of fused-ring (bicyclic) bond motifs is 1. The minimum absolute atomic E-state index is 0.194. The van der Waals surface area contributed by atoms with Crippen LogP contribution in [0.25, 0.3) is 22.2 Å². The lowest BCUT2D eigenvalue weighted by Gasteiger charge is -2.07. The number of nitrogens with zero attached hydrogens (tertiary/aromatic N) is 5. The van der Waals surface area contributed by atoms with E-state index in [2.05, 4.69) is 32.1 Å². The van der Waals surface area contributed by atoms with Crippen molar-refractivity contribution >= 4 is 37.0 Å². The maximum atomic E-state index is 13.5. The van der Waals surface area contributed by atoms with Crippen molar-refractivity contribution in [2.24, 2.45) is 0 Å². The molecule has 0 saturated carbocycles. The van der Waals surface area contributed by atoms with E-state index in [0.717, 1.165) is 21.2 Å². The minimum atomic E-state index is -3.85. The van der Waals surface area contributed by atoms with Gasteiger partial charge in [-0.15, -0.1) is 0 Å². The van der Waals surface area contributed by atoms with Crippen molar-refractivity contribution in [2.75, 3.05) is 0 Å². The van der Waals surface area contributed by atoms with Gasteiger partial charge in [-0.3, -0.25) is 4.68 Å². The fourth-order valence-electron chi connectivity index (χ4n) is 3.81. The number of rotatable bonds is 5. The maximum Gasteiger partial charge on any atom is 0.269 e. The number of benzene rings is 2. The summed E-state index contributed by atoms with van der Waals surface area (Å²) in [6, 6.07) is 18.1. The largest absolute Gasteiger partial charge is 0.269 e. The Morgan fingerprint density at radius 3 is 2.62 bits per heavy atom. The molecule has 0 fully saturated rings. The van der Waals surface area contributed by atoms with Gasteiger partial charge in [-0.05, 0) is 58.7 Å². The Bertz CT molecular complexity index is 1680. The molecule has 0 amide bonds. The van der Waals surface area contributed by atoms with E-state index in [1.807, 2.05) is 37.4 Å². The monoisotopic (exact) mass is 531 g/mol. The van der Waals surface area contributed by atoms with Crippen LogP contribution in [0.1, 0.15) is 16.7 Å². The predicted octanol–water partition coefficient (Wildman–Crippen LogP) is 5.13. The molecule has 0 unspecified atom stereocenters. The first-order valence-corrected chi connectivity index (χ1v) is 12.6. The molecule has 0 saturated heterocycles. The number of aryl methyl sites for hydroxylation is 1. The van der Waals surface area contributed by atoms with Crippen LogP contribution in [0.15, 0.2) is 88.8 Å². The van der Waals surface area contributed by atoms with Gasteiger partial charge in [-0.25, -0.2) is 17.4 Å². The summed E-state index contributed by atoms with van der Waals surface area (Å²) in [5.41, 5.74) is 4.32. The molecular weight excluding hydrogens is 514 g/mol. The predicted molar refractivity (Wildman–Crippen MR) is 133 cm³/mol. The highest BCUT2D eigenvalue weighted by molar-refractivity contribution is 9.10. The van der Waals surface area contributed by atoms with Gasteiger partial charge in [0.25, 0.3) is 10.0 Å². The number of halogens is 1. The summed E-state index contributed by atoms with van der Waals surface area (Å²) in [5.74, 6) is 0. The third kappa shape index (κ3) is 4.02. The molecule has 5 aromatic rings. The standard InChI is InChI=1S/C25H18BrN5O2S/c1-17-5-7-22(8-6-17)34(32,33)31-16-24(23-10-21(26)13-28-25(23)31)20-12-29-30(15-20)14-19-4-2-3-18(9-19)11-27/h2-10,12-13,15-16H,14H2,1H3. The molecule has 9 heteroatoms. The second-order valence-corrected chi connectivity index (χ2v) is 10.7. The summed E-state index contributed by atoms with van der Waals surface area (Å²) in [6.07, 6.45) is 6.74. The fourth-order valence-corrected chi connectivity index (χ4v) is 5.46. The Kier molecular flexibility index (Phi) is 5.55. The van der Waals surface area contributed by atoms with E-state index < -0.39 is 10.0 Å². The van der Waals surface area contributed by atoms with Crippen LogP contribution >= 0.6 is 15.9 Å². The summed E-state index contributed by atoms with van der Waals surface area (Å²) in [5, 5.41) is 14.3. The molecule has 0 radical (unpaired) electrons. The molecule has 0 aliphatic heterocycles. The first kappa shape index (κ1) is 22.1. The highest BCUT2D eigenvalue weighted by Gasteiger charge is 2.23. The van der Waals surface area contributed by atoms with Gasteiger partial charge in [0.1, 0.15) is 0 Å². The van der Waals surface area contributed by atoms with Crippen LogP contribution in [0.2, 0.25) is 0 Å². The van der Waals surface area contributed by atoms with Gasteiger partial charge < -0.3 is 0 Å². The van der Waals surface area contributed by atoms with Gasteiger partial charge >= 0.3 is 0 Å². The molecule has 3 aromatic heterocycles. The SMILES string of the molecule is Cc1ccc(S(=O)(=O)n2cc(-c3cnn(Cc4cccc(C#N)c4)c3)c3cc(Br)cnc32)cc1. The first-order valence-electron chi connectivity index (χ1n) is 10.4. The van der Waals surface area contributed by atoms with Crippen LogP contribution in [0.4, 0.5) is 0 Å². The third-order valence-corrected chi connectivity index (χ3v) is 7.60. The second kappa shape index (κ2) is 8.56. The lowest BCUT2D eigenvalue weighted by Crippen LogP contribution is -2.12. The highest BCUT2D eigenvalue weighted by atomic mass is 79.9. The van der Waals surface area contributed by atoms with E-state index in [1.54, 1.807) is 53.6 Å². The normalized spacial score (nSPS) is 11.6. The maximum absolute atomic E-state index is 13.5. The number of hydrogen-bond acceptors (Lipinski definition) is 5. The zero-order valence-corrected chi connectivity index (χ0v) is 20.5. The third-order valence-electron chi connectivity index (χ3n) is 5.50. The smallest absolute Gasteiger partial charge is 0.268 e. The zero-order chi connectivity index (χ0) is 23.9. The van der Waals surface area contributed by atoms with E-state index in [9.17, 15) is 8.42 Å². The number of hydrogen-bond donors (Lipinski definition) is 0. The molecular formula is C25H18BrN5O2S. The molecule has 0 bridgehead atoms. The van der Waals surface area contributed by atoms with Crippen molar-refractivity contribution < 1.29 is 8.42 Å². The molecule has 3 heterocycles. The van der Waals surface area contributed by atoms with Crippen LogP contribution in [-0.4, -0.2) is 27.2 Å². The van der Waals surface area contributed by atoms with Gasteiger partial charge in [0.05, 0.1) is 29.3 Å². The quantitative estimate of drug-likeness (QED) is 0.313. The molecule has 168 valence electrons. The molecule has 2 aromatic carbocycles. The molecule has 34 heavy (non-hydrogen) atoms. The number of pyridine rings is 1. The molecule has 0 aliphatic carbocycles. The summed E-state index contributed by atoms with van der Waals surface area (Å²) in [4.78, 5) is 4.60. The molecule has 0 spiro atoms. The van der Waals surface area contributed by atoms with E-state index >= 15 is 0 Å². The van der Waals surface area contributed by atoms with Gasteiger partial charge in [0.2, 0.25) is 0 Å². The van der Waals surface area contributed by atoms with Crippen molar-refractivity contribution in [3.8, 4) is 17.2 Å². The van der Waals surface area contributed by atoms with E-state index in [-0.39, 0.29) is 4.90 Å². The van der Waals surface area contributed by atoms with Crippen LogP contribution in [-0.2, 0) is 16.6 Å². The Morgan fingerprint density at radius 2 is 1.85 bits per heavy atom. The number of nitriles is 1. The van der Waals surface area contributed by atoms with Crippen LogP contribution in [0.3, 0.4) is 0 Å². The Labute approximate surface area is 205 Å². The van der Waals surface area contributed by atoms with E-state index in [4.69, 9.17) is 5.26 Å². The van der Waals surface area contributed by atoms with Crippen LogP contribution in [0.5, 0.6) is 0 Å². The van der Waals surface area contributed by atoms with Gasteiger partial charge in [0.15, 0.2) is 5.65 Å². The lowest BCUT2D eigenvalue weighted by atomic mass is 10.1. The summed E-state index contributed by atoms with van der Waals surface area (Å²) in [7, 11) is -3.85. The van der Waals surface area contributed by atoms with Gasteiger partial charge in [-0.2, -0.15) is 10.4 Å². The van der Waals surface area contributed by atoms with Crippen molar-refractivity contribution in [2.45, 2.75) is 18.4 Å². The molecule has 7 nitrogen and oxygen atoms in total. The summed E-state index contributed by atoms with van der Waals surface area (Å²) in [6.45, 7) is 2.39. The molecule has 0 atom stereocenters. The average Bonchev–Trinajstić information content (AvgIpc) is 3.44. The van der Waals surface area contributed by atoms with E-state index in [0.29, 0.717) is 28.7 Å². The van der Waals surface area contributed by atoms with Crippen molar-refractivity contribution in [1.29, 1.82) is 5.26 Å². The highest BCUT2D eigenvalue weighted by Crippen LogP contribution is 2.33. The Hall–Kier alpha value is -3.74. The Morgan fingerprint density at radius 1 is 1.06 bits per heavy atom. The first-order chi connectivity index (χ1) is 16.3. The lowest BCUT2D eigenvalue weighted by molar-refractivity contribution is 0.589. The van der Waals surface area contributed by atoms with Crippen molar-refractivity contribution in [3.05, 3.63) is 101 Å². The summed E-state index contributed by atoms with van der Waals surface area (Å²) >= 11 is 3.45. The van der Waals surface area contributed by atoms with Crippen LogP contribution in [0, 0.1) is 18.3 Å². The Balaban J connectivity index is 1.59. The van der Waals surface area contributed by atoms with Gasteiger partial charge in [0, 0.05) is 39.6 Å². The topological polar surface area (TPSA) is 93.6 Å². The van der Waals surface area contributed by atoms with Crippen molar-refractivity contribution in [3.63, 3.8) is 0 Å². The zero-order valence-electron chi connectivity index (χ0n) is 18.1. The minimum Gasteiger partial charge on any atom is -0.268 e. The average molecular weight is 532 g/mol.